The Balaban J connectivity index is 1.93. The molecule has 0 atom stereocenters. The molecule has 0 aliphatic carbocycles. The summed E-state index contributed by atoms with van der Waals surface area (Å²) in [5.74, 6) is -0.158. The van der Waals surface area contributed by atoms with Crippen LogP contribution in [-0.4, -0.2) is 11.6 Å². The Morgan fingerprint density at radius 1 is 0.462 bits per heavy atom. The van der Waals surface area contributed by atoms with Crippen molar-refractivity contribution in [2.24, 2.45) is 0 Å². The van der Waals surface area contributed by atoms with Crippen molar-refractivity contribution in [3.05, 3.63) is 119 Å². The third-order valence-corrected chi connectivity index (χ3v) is 4.47. The van der Waals surface area contributed by atoms with E-state index in [1.165, 1.54) is 0 Å². The van der Waals surface area contributed by atoms with Gasteiger partial charge >= 0.3 is 0 Å². The molecule has 0 aliphatic heterocycles. The van der Waals surface area contributed by atoms with Crippen molar-refractivity contribution in [2.45, 2.75) is 0 Å². The summed E-state index contributed by atoms with van der Waals surface area (Å²) in [6.45, 7) is 0. The van der Waals surface area contributed by atoms with Gasteiger partial charge in [-0.15, -0.1) is 0 Å². The summed E-state index contributed by atoms with van der Waals surface area (Å²) >= 11 is 0. The Hall–Kier alpha value is -3.52. The zero-order chi connectivity index (χ0) is 17.9. The summed E-state index contributed by atoms with van der Waals surface area (Å²) in [4.78, 5) is 26.1. The van der Waals surface area contributed by atoms with Gasteiger partial charge in [0, 0.05) is 27.6 Å². The third kappa shape index (κ3) is 2.82. The van der Waals surface area contributed by atoms with E-state index in [2.05, 4.69) is 0 Å². The van der Waals surface area contributed by atoms with Crippen LogP contribution in [0.3, 0.4) is 0 Å². The van der Waals surface area contributed by atoms with E-state index in [1.54, 1.807) is 36.4 Å². The maximum Gasteiger partial charge on any atom is 0.193 e. The fourth-order valence-corrected chi connectivity index (χ4v) is 3.21. The number of benzene rings is 4. The Labute approximate surface area is 151 Å². The minimum absolute atomic E-state index is 0.0792. The number of carbonyl (C=O) groups is 2. The molecule has 4 aromatic carbocycles. The predicted molar refractivity (Wildman–Crippen MR) is 104 cm³/mol. The highest BCUT2D eigenvalue weighted by Crippen LogP contribution is 2.27. The highest BCUT2D eigenvalue weighted by molar-refractivity contribution is 6.23. The number of hydrogen-bond donors (Lipinski definition) is 0. The van der Waals surface area contributed by atoms with Crippen LogP contribution < -0.4 is 0 Å². The Morgan fingerprint density at radius 2 is 0.885 bits per heavy atom. The van der Waals surface area contributed by atoms with Gasteiger partial charge in [-0.05, 0) is 5.39 Å². The third-order valence-electron chi connectivity index (χ3n) is 4.47. The van der Waals surface area contributed by atoms with E-state index in [9.17, 15) is 9.59 Å². The van der Waals surface area contributed by atoms with E-state index >= 15 is 0 Å². The lowest BCUT2D eigenvalue weighted by molar-refractivity contribution is 0.103. The molecule has 0 bridgehead atoms. The summed E-state index contributed by atoms with van der Waals surface area (Å²) < 4.78 is 0. The molecule has 0 saturated heterocycles. The summed E-state index contributed by atoms with van der Waals surface area (Å²) in [5.41, 5.74) is 2.33. The molecule has 0 radical (unpaired) electrons. The molecular weight excluding hydrogens is 320 g/mol. The van der Waals surface area contributed by atoms with E-state index in [-0.39, 0.29) is 11.6 Å². The smallest absolute Gasteiger partial charge is 0.193 e. The molecule has 0 fully saturated rings. The summed E-state index contributed by atoms with van der Waals surface area (Å²) in [6, 6.07) is 29.5. The molecular formula is C24H16O2. The van der Waals surface area contributed by atoms with Gasteiger partial charge in [-0.25, -0.2) is 0 Å². The molecule has 124 valence electrons. The van der Waals surface area contributed by atoms with E-state index < -0.39 is 0 Å². The molecule has 0 aromatic heterocycles. The normalized spacial score (nSPS) is 10.6. The molecule has 0 unspecified atom stereocenters. The lowest BCUT2D eigenvalue weighted by Crippen LogP contribution is -2.07. The van der Waals surface area contributed by atoms with Crippen LogP contribution >= 0.6 is 0 Å². The van der Waals surface area contributed by atoms with Crippen molar-refractivity contribution in [2.75, 3.05) is 0 Å². The van der Waals surface area contributed by atoms with Crippen molar-refractivity contribution >= 4 is 22.3 Å². The number of ketones is 2. The fourth-order valence-electron chi connectivity index (χ4n) is 3.21. The molecule has 26 heavy (non-hydrogen) atoms. The first kappa shape index (κ1) is 16.0. The average Bonchev–Trinajstić information content (AvgIpc) is 2.73. The van der Waals surface area contributed by atoms with E-state index in [1.807, 2.05) is 60.7 Å². The van der Waals surface area contributed by atoms with Crippen LogP contribution in [0.15, 0.2) is 97.1 Å². The van der Waals surface area contributed by atoms with Gasteiger partial charge in [-0.1, -0.05) is 97.1 Å². The lowest BCUT2D eigenvalue weighted by atomic mass is 9.91. The van der Waals surface area contributed by atoms with Crippen LogP contribution in [0.5, 0.6) is 0 Å². The Kier molecular flexibility index (Phi) is 4.16. The Bertz CT molecular complexity index is 1010. The van der Waals surface area contributed by atoms with Crippen LogP contribution in [0, 0.1) is 0 Å². The highest BCUT2D eigenvalue weighted by atomic mass is 16.1. The maximum atomic E-state index is 13.1. The van der Waals surface area contributed by atoms with Crippen molar-refractivity contribution < 1.29 is 9.59 Å². The van der Waals surface area contributed by atoms with Gasteiger partial charge < -0.3 is 0 Å². The molecule has 0 saturated carbocycles. The van der Waals surface area contributed by atoms with Gasteiger partial charge in [0.15, 0.2) is 11.6 Å². The maximum absolute atomic E-state index is 13.1. The highest BCUT2D eigenvalue weighted by Gasteiger charge is 2.18. The van der Waals surface area contributed by atoms with E-state index in [0.29, 0.717) is 27.6 Å². The lowest BCUT2D eigenvalue weighted by Gasteiger charge is -2.11. The van der Waals surface area contributed by atoms with E-state index in [0.717, 1.165) is 5.39 Å². The van der Waals surface area contributed by atoms with Crippen LogP contribution in [0.25, 0.3) is 10.8 Å². The first-order valence-corrected chi connectivity index (χ1v) is 8.47. The summed E-state index contributed by atoms with van der Waals surface area (Å²) in [5, 5.41) is 1.59. The van der Waals surface area contributed by atoms with Crippen LogP contribution in [-0.2, 0) is 0 Å². The van der Waals surface area contributed by atoms with Crippen molar-refractivity contribution in [3.63, 3.8) is 0 Å². The predicted octanol–water partition coefficient (Wildman–Crippen LogP) is 5.30. The topological polar surface area (TPSA) is 34.1 Å². The number of rotatable bonds is 4. The second-order valence-corrected chi connectivity index (χ2v) is 6.10. The van der Waals surface area contributed by atoms with Gasteiger partial charge in [0.05, 0.1) is 0 Å². The van der Waals surface area contributed by atoms with E-state index in [4.69, 9.17) is 0 Å². The quantitative estimate of drug-likeness (QED) is 0.474. The first-order chi connectivity index (χ1) is 12.8. The molecule has 0 spiro atoms. The van der Waals surface area contributed by atoms with Gasteiger partial charge in [0.25, 0.3) is 0 Å². The number of hydrogen-bond acceptors (Lipinski definition) is 2. The molecule has 0 heterocycles. The minimum atomic E-state index is -0.0792. The molecule has 0 amide bonds. The minimum Gasteiger partial charge on any atom is -0.289 e. The number of fused-ring (bicyclic) bond motifs is 1. The molecule has 4 aromatic rings. The Morgan fingerprint density at radius 3 is 1.31 bits per heavy atom. The fraction of sp³-hybridized carbons (Fsp3) is 0. The molecule has 4 rings (SSSR count). The molecule has 0 aliphatic rings. The number of carbonyl (C=O) groups excluding carboxylic acids is 2. The standard InChI is InChI=1S/C24H16O2/c25-23(18-9-3-1-4-10-18)20-15-7-13-17-14-8-16-21(22(17)20)24(26)19-11-5-2-6-12-19/h1-16H. The average molecular weight is 336 g/mol. The van der Waals surface area contributed by atoms with Crippen molar-refractivity contribution in [1.29, 1.82) is 0 Å². The van der Waals surface area contributed by atoms with Crippen molar-refractivity contribution in [3.8, 4) is 0 Å². The van der Waals surface area contributed by atoms with Gasteiger partial charge in [-0.3, -0.25) is 9.59 Å². The van der Waals surface area contributed by atoms with Crippen LogP contribution in [0.2, 0.25) is 0 Å². The van der Waals surface area contributed by atoms with Gasteiger partial charge in [0.2, 0.25) is 0 Å². The largest absolute Gasteiger partial charge is 0.289 e. The molecule has 0 N–H and O–H groups in total. The second kappa shape index (κ2) is 6.77. The van der Waals surface area contributed by atoms with Crippen molar-refractivity contribution in [1.82, 2.24) is 0 Å². The monoisotopic (exact) mass is 336 g/mol. The van der Waals surface area contributed by atoms with Gasteiger partial charge in [-0.2, -0.15) is 0 Å². The zero-order valence-corrected chi connectivity index (χ0v) is 14.1. The SMILES string of the molecule is O=C(c1ccccc1)c1cccc2cccc(C(=O)c3ccccc3)c12. The van der Waals surface area contributed by atoms with Crippen LogP contribution in [0.4, 0.5) is 0 Å². The van der Waals surface area contributed by atoms with Gasteiger partial charge in [0.1, 0.15) is 0 Å². The van der Waals surface area contributed by atoms with Crippen LogP contribution in [0.1, 0.15) is 31.8 Å². The zero-order valence-electron chi connectivity index (χ0n) is 14.1. The summed E-state index contributed by atoms with van der Waals surface area (Å²) in [6.07, 6.45) is 0. The second-order valence-electron chi connectivity index (χ2n) is 6.10. The molecule has 2 heteroatoms. The summed E-state index contributed by atoms with van der Waals surface area (Å²) in [7, 11) is 0. The molecule has 2 nitrogen and oxygen atoms in total. The first-order valence-electron chi connectivity index (χ1n) is 8.47.